The summed E-state index contributed by atoms with van der Waals surface area (Å²) in [4.78, 5) is 22.8. The number of benzene rings is 1. The molecule has 1 heterocycles. The molecule has 5 nitrogen and oxygen atoms in total. The number of amides is 1. The monoisotopic (exact) mass is 293 g/mol. The fourth-order valence-corrected chi connectivity index (χ4v) is 2.75. The van der Waals surface area contributed by atoms with E-state index in [1.165, 1.54) is 12.1 Å². The third-order valence-corrected chi connectivity index (χ3v) is 3.98. The van der Waals surface area contributed by atoms with Crippen LogP contribution < -0.4 is 5.32 Å². The fraction of sp³-hybridized carbons (Fsp3) is 0.467. The van der Waals surface area contributed by atoms with E-state index in [-0.39, 0.29) is 23.7 Å². The molecule has 1 amide bonds. The first-order valence-corrected chi connectivity index (χ1v) is 6.98. The van der Waals surface area contributed by atoms with Crippen LogP contribution >= 0.6 is 0 Å². The zero-order valence-electron chi connectivity index (χ0n) is 11.3. The normalized spacial score (nSPS) is 30.9. The molecular weight excluding hydrogens is 277 g/mol. The molecule has 2 unspecified atom stereocenters. The minimum atomic E-state index is -1.03. The molecule has 0 bridgehead atoms. The van der Waals surface area contributed by atoms with Gasteiger partial charge < -0.3 is 15.2 Å². The van der Waals surface area contributed by atoms with E-state index in [2.05, 4.69) is 5.32 Å². The number of nitrogens with one attached hydrogen (secondary N) is 1. The van der Waals surface area contributed by atoms with Gasteiger partial charge in [0, 0.05) is 12.0 Å². The minimum Gasteiger partial charge on any atom is -0.479 e. The number of carbonyl (C=O) groups excluding carboxylic acids is 1. The molecule has 2 fully saturated rings. The lowest BCUT2D eigenvalue weighted by atomic mass is 10.1. The maximum atomic E-state index is 13.1. The molecule has 0 aromatic heterocycles. The van der Waals surface area contributed by atoms with Crippen LogP contribution in [-0.2, 0) is 14.3 Å². The van der Waals surface area contributed by atoms with Gasteiger partial charge in [-0.25, -0.2) is 9.18 Å². The number of ether oxygens (including phenoxy) is 1. The summed E-state index contributed by atoms with van der Waals surface area (Å²) in [7, 11) is 0. The average Bonchev–Trinajstić information content (AvgIpc) is 3.01. The molecule has 6 heteroatoms. The number of hydrogen-bond acceptors (Lipinski definition) is 3. The first-order chi connectivity index (χ1) is 10.0. The van der Waals surface area contributed by atoms with Crippen molar-refractivity contribution in [3.63, 3.8) is 0 Å². The Morgan fingerprint density at radius 1 is 1.29 bits per heavy atom. The molecule has 0 spiro atoms. The largest absolute Gasteiger partial charge is 0.479 e. The lowest BCUT2D eigenvalue weighted by Crippen LogP contribution is -2.37. The maximum absolute atomic E-state index is 13.1. The van der Waals surface area contributed by atoms with E-state index in [4.69, 9.17) is 9.84 Å². The third-order valence-electron chi connectivity index (χ3n) is 3.98. The smallest absolute Gasteiger partial charge is 0.332 e. The van der Waals surface area contributed by atoms with Gasteiger partial charge in [0.15, 0.2) is 6.10 Å². The van der Waals surface area contributed by atoms with E-state index >= 15 is 0 Å². The van der Waals surface area contributed by atoms with Crippen molar-refractivity contribution in [1.29, 1.82) is 0 Å². The van der Waals surface area contributed by atoms with Crippen molar-refractivity contribution in [3.05, 3.63) is 35.6 Å². The quantitative estimate of drug-likeness (QED) is 0.880. The summed E-state index contributed by atoms with van der Waals surface area (Å²) in [6.45, 7) is 0. The van der Waals surface area contributed by atoms with Crippen LogP contribution in [-0.4, -0.2) is 35.2 Å². The standard InChI is InChI=1S/C15H16FNO4/c16-9-3-1-2-8(6-9)10-7-11(10)17-14(18)12-4-5-13(21-12)15(19)20/h1-3,6,10-13H,4-5,7H2,(H,17,18)(H,19,20)/t10?,11?,12-,13+/m0/s1. The Labute approximate surface area is 121 Å². The van der Waals surface area contributed by atoms with Crippen molar-refractivity contribution in [2.75, 3.05) is 0 Å². The molecule has 2 aliphatic rings. The molecule has 1 aliphatic heterocycles. The van der Waals surface area contributed by atoms with Crippen molar-refractivity contribution >= 4 is 11.9 Å². The van der Waals surface area contributed by atoms with Crippen LogP contribution in [0.5, 0.6) is 0 Å². The maximum Gasteiger partial charge on any atom is 0.332 e. The summed E-state index contributed by atoms with van der Waals surface area (Å²) in [6.07, 6.45) is -0.0469. The van der Waals surface area contributed by atoms with E-state index in [1.54, 1.807) is 6.07 Å². The number of carbonyl (C=O) groups is 2. The number of rotatable bonds is 4. The van der Waals surface area contributed by atoms with Crippen LogP contribution in [0.25, 0.3) is 0 Å². The summed E-state index contributed by atoms with van der Waals surface area (Å²) in [5.41, 5.74) is 0.871. The number of carboxylic acids is 1. The predicted octanol–water partition coefficient (Wildman–Crippen LogP) is 1.43. The zero-order valence-corrected chi connectivity index (χ0v) is 11.3. The summed E-state index contributed by atoms with van der Waals surface area (Å²) in [6, 6.07) is 6.33. The second-order valence-electron chi connectivity index (χ2n) is 5.54. The van der Waals surface area contributed by atoms with E-state index < -0.39 is 18.2 Å². The van der Waals surface area contributed by atoms with Gasteiger partial charge in [0.1, 0.15) is 11.9 Å². The summed E-state index contributed by atoms with van der Waals surface area (Å²) >= 11 is 0. The zero-order chi connectivity index (χ0) is 15.0. The Morgan fingerprint density at radius 3 is 2.71 bits per heavy atom. The Morgan fingerprint density at radius 2 is 2.05 bits per heavy atom. The van der Waals surface area contributed by atoms with Gasteiger partial charge >= 0.3 is 5.97 Å². The third kappa shape index (κ3) is 3.05. The second-order valence-corrected chi connectivity index (χ2v) is 5.54. The van der Waals surface area contributed by atoms with Crippen LogP contribution in [0, 0.1) is 5.82 Å². The molecule has 112 valence electrons. The van der Waals surface area contributed by atoms with Crippen LogP contribution in [0.3, 0.4) is 0 Å². The first kappa shape index (κ1) is 14.0. The summed E-state index contributed by atoms with van der Waals surface area (Å²) in [5.74, 6) is -1.47. The van der Waals surface area contributed by atoms with Crippen LogP contribution in [0.15, 0.2) is 24.3 Å². The molecule has 2 N–H and O–H groups in total. The lowest BCUT2D eigenvalue weighted by Gasteiger charge is -2.11. The Hall–Kier alpha value is -1.95. The minimum absolute atomic E-state index is 0.0215. The number of halogens is 1. The molecule has 3 rings (SSSR count). The van der Waals surface area contributed by atoms with Gasteiger partial charge in [0.25, 0.3) is 0 Å². The van der Waals surface area contributed by atoms with Gasteiger partial charge in [-0.2, -0.15) is 0 Å². The molecule has 1 saturated carbocycles. The SMILES string of the molecule is O=C(NC1CC1c1cccc(F)c1)[C@@H]1CC[C@H](C(=O)O)O1. The van der Waals surface area contributed by atoms with Gasteiger partial charge in [0.05, 0.1) is 0 Å². The molecular formula is C15H16FNO4. The van der Waals surface area contributed by atoms with Crippen LogP contribution in [0.2, 0.25) is 0 Å². The summed E-state index contributed by atoms with van der Waals surface area (Å²) < 4.78 is 18.3. The Bertz CT molecular complexity index is 577. The van der Waals surface area contributed by atoms with Crippen molar-refractivity contribution in [2.45, 2.75) is 43.4 Å². The van der Waals surface area contributed by atoms with Crippen LogP contribution in [0.4, 0.5) is 4.39 Å². The molecule has 4 atom stereocenters. The topological polar surface area (TPSA) is 75.6 Å². The van der Waals surface area contributed by atoms with Gasteiger partial charge in [-0.15, -0.1) is 0 Å². The molecule has 1 saturated heterocycles. The first-order valence-electron chi connectivity index (χ1n) is 6.98. The van der Waals surface area contributed by atoms with E-state index in [1.807, 2.05) is 6.07 Å². The molecule has 1 aliphatic carbocycles. The Kier molecular flexibility index (Phi) is 3.63. The van der Waals surface area contributed by atoms with Gasteiger partial charge in [-0.3, -0.25) is 4.79 Å². The predicted molar refractivity (Wildman–Crippen MR) is 71.2 cm³/mol. The fourth-order valence-electron chi connectivity index (χ4n) is 2.75. The lowest BCUT2D eigenvalue weighted by molar-refractivity contribution is -0.151. The van der Waals surface area contributed by atoms with Crippen molar-refractivity contribution in [2.24, 2.45) is 0 Å². The molecule has 0 radical (unpaired) electrons. The van der Waals surface area contributed by atoms with Crippen molar-refractivity contribution in [1.82, 2.24) is 5.32 Å². The highest BCUT2D eigenvalue weighted by Gasteiger charge is 2.42. The highest BCUT2D eigenvalue weighted by atomic mass is 19.1. The van der Waals surface area contributed by atoms with E-state index in [0.717, 1.165) is 12.0 Å². The van der Waals surface area contributed by atoms with E-state index in [9.17, 15) is 14.0 Å². The van der Waals surface area contributed by atoms with Gasteiger partial charge in [-0.1, -0.05) is 12.1 Å². The Balaban J connectivity index is 1.52. The summed E-state index contributed by atoms with van der Waals surface area (Å²) in [5, 5.41) is 11.7. The van der Waals surface area contributed by atoms with Gasteiger partial charge in [0.2, 0.25) is 5.91 Å². The number of hydrogen-bond donors (Lipinski definition) is 2. The van der Waals surface area contributed by atoms with Crippen LogP contribution in [0.1, 0.15) is 30.7 Å². The average molecular weight is 293 g/mol. The number of aliphatic carboxylic acids is 1. The van der Waals surface area contributed by atoms with E-state index in [0.29, 0.717) is 12.8 Å². The highest BCUT2D eigenvalue weighted by Crippen LogP contribution is 2.41. The van der Waals surface area contributed by atoms with Crippen molar-refractivity contribution < 1.29 is 23.8 Å². The molecule has 1 aromatic carbocycles. The second kappa shape index (κ2) is 5.44. The number of carboxylic acid groups (broad SMARTS) is 1. The molecule has 1 aromatic rings. The van der Waals surface area contributed by atoms with Crippen molar-refractivity contribution in [3.8, 4) is 0 Å². The highest BCUT2D eigenvalue weighted by molar-refractivity contribution is 5.83. The van der Waals surface area contributed by atoms with Gasteiger partial charge in [-0.05, 0) is 37.0 Å². The molecule has 21 heavy (non-hydrogen) atoms.